The molecule has 9 heavy (non-hydrogen) atoms. The van der Waals surface area contributed by atoms with Crippen molar-refractivity contribution in [2.75, 3.05) is 0 Å². The first kappa shape index (κ1) is 8.74. The first-order chi connectivity index (χ1) is 4.16. The minimum Gasteiger partial charge on any atom is -0.312 e. The Balaban J connectivity index is 3.50. The first-order valence-corrected chi connectivity index (χ1v) is 6.08. The highest BCUT2D eigenvalue weighted by Crippen LogP contribution is 1.82. The third-order valence-electron chi connectivity index (χ3n) is 0.656. The second-order valence-corrected chi connectivity index (χ2v) is 5.57. The van der Waals surface area contributed by atoms with Gasteiger partial charge in [0.25, 0.3) is 0 Å². The molecule has 0 rings (SSSR count). The van der Waals surface area contributed by atoms with Gasteiger partial charge in [0.15, 0.2) is 0 Å². The molecule has 0 aromatic rings. The van der Waals surface area contributed by atoms with E-state index in [4.69, 9.17) is 4.55 Å². The fraction of sp³-hybridized carbons (Fsp3) is 0.250. The number of allylic oxidation sites excluding steroid dienone is 1. The smallest absolute Gasteiger partial charge is 0.237 e. The van der Waals surface area contributed by atoms with Gasteiger partial charge in [0.2, 0.25) is 8.67 Å². The number of rotatable bonds is 4. The fourth-order valence-electron chi connectivity index (χ4n) is 0.358. The Hall–Kier alpha value is -0.263. The van der Waals surface area contributed by atoms with Crippen molar-refractivity contribution in [2.24, 2.45) is 0 Å². The predicted octanol–water partition coefficient (Wildman–Crippen LogP) is -0.605. The lowest BCUT2D eigenvalue weighted by atomic mass is 10.5. The van der Waals surface area contributed by atoms with Crippen LogP contribution in [0.2, 0.25) is 0 Å². The molecule has 1 atom stereocenters. The lowest BCUT2D eigenvalue weighted by Crippen LogP contribution is -2.12. The second kappa shape index (κ2) is 4.60. The van der Waals surface area contributed by atoms with Gasteiger partial charge in [-0.2, -0.15) is 0 Å². The molecule has 0 aliphatic carbocycles. The quantitative estimate of drug-likeness (QED) is 0.343. The van der Waals surface area contributed by atoms with Crippen LogP contribution in [0.15, 0.2) is 12.7 Å². The van der Waals surface area contributed by atoms with E-state index in [0.29, 0.717) is 0 Å². The van der Waals surface area contributed by atoms with Gasteiger partial charge in [0, 0.05) is 6.42 Å². The van der Waals surface area contributed by atoms with Crippen LogP contribution in [-0.2, 0) is 15.3 Å². The van der Waals surface area contributed by atoms with Crippen LogP contribution in [0.4, 0.5) is 0 Å². The summed E-state index contributed by atoms with van der Waals surface area (Å²) in [5.74, 6) is 0. The molecule has 0 saturated carbocycles. The molecule has 0 aliphatic heterocycles. The summed E-state index contributed by atoms with van der Waals surface area (Å²) in [5, 5.41) is -0.120. The van der Waals surface area contributed by atoms with Crippen molar-refractivity contribution < 1.29 is 13.6 Å². The lowest BCUT2D eigenvalue weighted by molar-refractivity contribution is -0.111. The zero-order chi connectivity index (χ0) is 7.28. The van der Waals surface area contributed by atoms with Crippen LogP contribution in [0, 0.1) is 0 Å². The lowest BCUT2D eigenvalue weighted by Gasteiger charge is -1.87. The zero-order valence-electron chi connectivity index (χ0n) is 4.87. The Morgan fingerprint density at radius 3 is 2.78 bits per heavy atom. The summed E-state index contributed by atoms with van der Waals surface area (Å²) < 4.78 is 18.2. The summed E-state index contributed by atoms with van der Waals surface area (Å²) in [6.07, 6.45) is 1.68. The molecule has 0 radical (unpaired) electrons. The van der Waals surface area contributed by atoms with Crippen molar-refractivity contribution in [3.05, 3.63) is 12.7 Å². The van der Waals surface area contributed by atoms with Gasteiger partial charge in [-0.05, 0) is 0 Å². The van der Waals surface area contributed by atoms with Crippen LogP contribution in [-0.4, -0.2) is 22.8 Å². The molecule has 0 aromatic carbocycles. The highest BCUT2D eigenvalue weighted by molar-refractivity contribution is 8.08. The van der Waals surface area contributed by atoms with Crippen LogP contribution in [0.25, 0.3) is 0 Å². The van der Waals surface area contributed by atoms with E-state index in [-0.39, 0.29) is 11.8 Å². The Morgan fingerprint density at radius 1 is 1.89 bits per heavy atom. The van der Waals surface area contributed by atoms with Gasteiger partial charge in [-0.15, -0.1) is 6.58 Å². The van der Waals surface area contributed by atoms with E-state index >= 15 is 0 Å². The minimum atomic E-state index is -1.86. The summed E-state index contributed by atoms with van der Waals surface area (Å²) in [4.78, 5) is 10.5. The molecule has 0 amide bonds. The summed E-state index contributed by atoms with van der Waals surface area (Å²) in [6.45, 7) is 3.33. The van der Waals surface area contributed by atoms with E-state index < -0.39 is 19.2 Å². The molecular formula is C4H8O3SSi. The number of hydrogen-bond donors (Lipinski definition) is 1. The van der Waals surface area contributed by atoms with Crippen molar-refractivity contribution in [1.29, 1.82) is 0 Å². The highest BCUT2D eigenvalue weighted by Gasteiger charge is 2.03. The maximum absolute atomic E-state index is 10.5. The first-order valence-electron chi connectivity index (χ1n) is 2.37. The van der Waals surface area contributed by atoms with Crippen LogP contribution in [0.5, 0.6) is 0 Å². The maximum Gasteiger partial charge on any atom is 0.237 e. The van der Waals surface area contributed by atoms with Crippen molar-refractivity contribution in [1.82, 2.24) is 0 Å². The topological polar surface area (TPSA) is 54.4 Å². The van der Waals surface area contributed by atoms with Crippen LogP contribution < -0.4 is 0 Å². The second-order valence-electron chi connectivity index (χ2n) is 1.50. The highest BCUT2D eigenvalue weighted by atomic mass is 32.4. The number of carbonyl (C=O) groups is 1. The van der Waals surface area contributed by atoms with E-state index in [1.807, 2.05) is 0 Å². The van der Waals surface area contributed by atoms with Gasteiger partial charge in [-0.3, -0.25) is 0 Å². The fourth-order valence-corrected chi connectivity index (χ4v) is 2.13. The molecule has 0 heterocycles. The number of carbonyl (C=O) groups excluding carboxylic acids is 1. The largest absolute Gasteiger partial charge is 0.312 e. The van der Waals surface area contributed by atoms with Crippen LogP contribution in [0.3, 0.4) is 0 Å². The van der Waals surface area contributed by atoms with Gasteiger partial charge in [-0.1, -0.05) is 6.08 Å². The van der Waals surface area contributed by atoms with Gasteiger partial charge in [0.1, 0.15) is 15.9 Å². The monoisotopic (exact) mass is 164 g/mol. The van der Waals surface area contributed by atoms with Gasteiger partial charge in [0.05, 0.1) is 0 Å². The molecule has 0 saturated heterocycles. The predicted molar refractivity (Wildman–Crippen MR) is 39.1 cm³/mol. The normalized spacial score (nSPS) is 13.9. The van der Waals surface area contributed by atoms with Gasteiger partial charge in [-0.25, -0.2) is 4.21 Å². The third kappa shape index (κ3) is 5.61. The van der Waals surface area contributed by atoms with Crippen molar-refractivity contribution >= 4 is 24.6 Å². The summed E-state index contributed by atoms with van der Waals surface area (Å²) in [7, 11) is -3.28. The molecule has 1 unspecified atom stereocenters. The standard InChI is InChI=1S/C4H8O3SSi/c1-2-3-4(5)9-8(6)7/h2H,1,3,9H2,(H,6,7). The molecule has 3 nitrogen and oxygen atoms in total. The average Bonchev–Trinajstić information content (AvgIpc) is 1.63. The molecule has 0 fully saturated rings. The van der Waals surface area contributed by atoms with E-state index in [1.165, 1.54) is 6.08 Å². The van der Waals surface area contributed by atoms with Crippen molar-refractivity contribution in [2.45, 2.75) is 6.42 Å². The van der Waals surface area contributed by atoms with E-state index in [2.05, 4.69) is 6.58 Å². The Labute approximate surface area is 57.9 Å². The molecule has 52 valence electrons. The molecule has 0 aromatic heterocycles. The summed E-state index contributed by atoms with van der Waals surface area (Å²) in [6, 6.07) is 0. The molecule has 0 bridgehead atoms. The number of hydrogen-bond acceptors (Lipinski definition) is 2. The van der Waals surface area contributed by atoms with Gasteiger partial charge < -0.3 is 9.35 Å². The summed E-state index contributed by atoms with van der Waals surface area (Å²) >= 11 is 0. The van der Waals surface area contributed by atoms with Crippen LogP contribution >= 0.6 is 0 Å². The molecule has 0 aliphatic rings. The van der Waals surface area contributed by atoms with Crippen LogP contribution in [0.1, 0.15) is 6.42 Å². The van der Waals surface area contributed by atoms with E-state index in [9.17, 15) is 9.00 Å². The van der Waals surface area contributed by atoms with E-state index in [0.717, 1.165) is 0 Å². The molecule has 5 heteroatoms. The molecular weight excluding hydrogens is 156 g/mol. The van der Waals surface area contributed by atoms with Crippen molar-refractivity contribution in [3.63, 3.8) is 0 Å². The Morgan fingerprint density at radius 2 is 2.44 bits per heavy atom. The van der Waals surface area contributed by atoms with Gasteiger partial charge >= 0.3 is 0 Å². The molecule has 1 N–H and O–H groups in total. The Kier molecular flexibility index (Phi) is 4.47. The van der Waals surface area contributed by atoms with E-state index in [1.54, 1.807) is 0 Å². The SMILES string of the molecule is C=CCC(=O)[SiH2]S(=O)O. The molecule has 0 spiro atoms. The van der Waals surface area contributed by atoms with Crippen molar-refractivity contribution in [3.8, 4) is 0 Å². The minimum absolute atomic E-state index is 0.120. The Bertz CT molecular complexity index is 145. The summed E-state index contributed by atoms with van der Waals surface area (Å²) in [5.41, 5.74) is 0. The zero-order valence-corrected chi connectivity index (χ0v) is 7.10. The third-order valence-corrected chi connectivity index (χ3v) is 3.22. The average molecular weight is 164 g/mol. The maximum atomic E-state index is 10.5.